The third-order valence-electron chi connectivity index (χ3n) is 11.6. The number of hydrogen-bond donors (Lipinski definition) is 0. The number of anilines is 6. The minimum atomic E-state index is 0.812. The van der Waals surface area contributed by atoms with Gasteiger partial charge in [0, 0.05) is 16.5 Å². The van der Waals surface area contributed by atoms with Crippen LogP contribution in [-0.2, 0) is 0 Å². The van der Waals surface area contributed by atoms with Gasteiger partial charge in [0.2, 0.25) is 0 Å². The Kier molecular flexibility index (Phi) is 7.04. The Bertz CT molecular complexity index is 3070. The van der Waals surface area contributed by atoms with E-state index >= 15 is 0 Å². The van der Waals surface area contributed by atoms with Gasteiger partial charge in [-0.15, -0.1) is 0 Å². The summed E-state index contributed by atoms with van der Waals surface area (Å²) in [6, 6.07) is 63.8. The van der Waals surface area contributed by atoms with Crippen molar-refractivity contribution < 1.29 is 9.47 Å². The Morgan fingerprint density at radius 3 is 1.31 bits per heavy atom. The fourth-order valence-corrected chi connectivity index (χ4v) is 8.91. The zero-order valence-corrected chi connectivity index (χ0v) is 31.5. The number of hydrogen-bond acceptors (Lipinski definition) is 5. The molecule has 9 aromatic carbocycles. The second kappa shape index (κ2) is 12.6. The minimum absolute atomic E-state index is 0.812. The van der Waals surface area contributed by atoms with E-state index in [9.17, 15) is 0 Å². The second-order valence-corrected chi connectivity index (χ2v) is 14.8. The maximum absolute atomic E-state index is 6.48. The summed E-state index contributed by atoms with van der Waals surface area (Å²) in [5.41, 5.74) is 12.5. The largest absolute Gasteiger partial charge is 0.453 e. The van der Waals surface area contributed by atoms with Gasteiger partial charge in [-0.3, -0.25) is 4.57 Å². The van der Waals surface area contributed by atoms with Gasteiger partial charge < -0.3 is 19.3 Å². The Labute approximate surface area is 335 Å². The zero-order chi connectivity index (χ0) is 38.3. The molecule has 1 aromatic heterocycles. The summed E-state index contributed by atoms with van der Waals surface area (Å²) in [6.07, 6.45) is 1.96. The minimum Gasteiger partial charge on any atom is -0.453 e. The first-order valence-electron chi connectivity index (χ1n) is 19.5. The van der Waals surface area contributed by atoms with Crippen LogP contribution >= 0.6 is 0 Å². The van der Waals surface area contributed by atoms with Gasteiger partial charge >= 0.3 is 0 Å². The summed E-state index contributed by atoms with van der Waals surface area (Å²) in [5.74, 6) is 3.25. The van der Waals surface area contributed by atoms with Crippen LogP contribution in [0.4, 0.5) is 34.1 Å². The first kappa shape index (κ1) is 32.4. The van der Waals surface area contributed by atoms with Crippen LogP contribution in [0, 0.1) is 6.92 Å². The van der Waals surface area contributed by atoms with E-state index in [-0.39, 0.29) is 0 Å². The molecule has 0 unspecified atom stereocenters. The van der Waals surface area contributed by atoms with Crippen LogP contribution in [-0.4, -0.2) is 9.55 Å². The molecule has 3 heterocycles. The van der Waals surface area contributed by atoms with Gasteiger partial charge in [0.1, 0.15) is 6.33 Å². The van der Waals surface area contributed by atoms with E-state index in [0.717, 1.165) is 95.9 Å². The number of ether oxygens (including phenoxy) is 2. The van der Waals surface area contributed by atoms with Crippen LogP contribution in [0.25, 0.3) is 49.4 Å². The zero-order valence-electron chi connectivity index (χ0n) is 31.5. The van der Waals surface area contributed by atoms with Crippen molar-refractivity contribution >= 4 is 66.7 Å². The highest BCUT2D eigenvalue weighted by Gasteiger charge is 2.31. The number of nitrogens with zero attached hydrogens (tertiary/aromatic N) is 4. The van der Waals surface area contributed by atoms with Crippen molar-refractivity contribution in [3.05, 3.63) is 194 Å². The molecular weight excluding hydrogens is 713 g/mol. The molecule has 6 nitrogen and oxygen atoms in total. The molecule has 58 heavy (non-hydrogen) atoms. The van der Waals surface area contributed by atoms with E-state index in [2.05, 4.69) is 155 Å². The summed E-state index contributed by atoms with van der Waals surface area (Å²) >= 11 is 0. The first-order valence-corrected chi connectivity index (χ1v) is 19.5. The Balaban J connectivity index is 1.07. The molecule has 0 N–H and O–H groups in total. The van der Waals surface area contributed by atoms with Crippen molar-refractivity contribution in [3.63, 3.8) is 0 Å². The number of imidazole rings is 1. The summed E-state index contributed by atoms with van der Waals surface area (Å²) in [6.45, 7) is 2.22. The highest BCUT2D eigenvalue weighted by Crippen LogP contribution is 2.56. The fourth-order valence-electron chi connectivity index (χ4n) is 8.91. The molecule has 274 valence electrons. The molecule has 0 fully saturated rings. The van der Waals surface area contributed by atoms with Gasteiger partial charge in [-0.25, -0.2) is 4.98 Å². The molecule has 2 aliphatic heterocycles. The molecule has 0 bridgehead atoms. The van der Waals surface area contributed by atoms with Crippen LogP contribution in [0.15, 0.2) is 188 Å². The molecule has 0 saturated carbocycles. The molecule has 2 aliphatic rings. The van der Waals surface area contributed by atoms with Gasteiger partial charge in [-0.1, -0.05) is 109 Å². The maximum atomic E-state index is 6.48. The van der Waals surface area contributed by atoms with Crippen LogP contribution < -0.4 is 19.3 Å². The normalized spacial score (nSPS) is 12.8. The number of fused-ring (bicyclic) bond motifs is 10. The van der Waals surface area contributed by atoms with Gasteiger partial charge in [-0.05, 0) is 107 Å². The first-order chi connectivity index (χ1) is 28.7. The average Bonchev–Trinajstić information content (AvgIpc) is 3.74. The fraction of sp³-hybridized carbons (Fsp3) is 0.0192. The predicted molar refractivity (Wildman–Crippen MR) is 236 cm³/mol. The van der Waals surface area contributed by atoms with E-state index in [0.29, 0.717) is 0 Å². The molecule has 0 amide bonds. The lowest BCUT2D eigenvalue weighted by Crippen LogP contribution is -2.20. The molecule has 0 radical (unpaired) electrons. The summed E-state index contributed by atoms with van der Waals surface area (Å²) in [4.78, 5) is 9.68. The van der Waals surface area contributed by atoms with Crippen molar-refractivity contribution in [1.82, 2.24) is 9.55 Å². The molecular formula is C52H34N4O2. The van der Waals surface area contributed by atoms with Crippen molar-refractivity contribution in [2.24, 2.45) is 0 Å². The molecule has 0 atom stereocenters. The van der Waals surface area contributed by atoms with E-state index < -0.39 is 0 Å². The molecule has 0 aliphatic carbocycles. The second-order valence-electron chi connectivity index (χ2n) is 14.8. The van der Waals surface area contributed by atoms with Gasteiger partial charge in [0.05, 0.1) is 45.2 Å². The summed E-state index contributed by atoms with van der Waals surface area (Å²) < 4.78 is 15.2. The van der Waals surface area contributed by atoms with Crippen molar-refractivity contribution in [2.75, 3.05) is 9.80 Å². The lowest BCUT2D eigenvalue weighted by atomic mass is 9.97. The monoisotopic (exact) mass is 746 g/mol. The molecule has 12 rings (SSSR count). The number of aromatic nitrogens is 2. The van der Waals surface area contributed by atoms with E-state index in [1.165, 1.54) is 16.2 Å². The lowest BCUT2D eigenvalue weighted by molar-refractivity contribution is 0.477. The van der Waals surface area contributed by atoms with Crippen molar-refractivity contribution in [1.29, 1.82) is 0 Å². The van der Waals surface area contributed by atoms with Crippen LogP contribution in [0.1, 0.15) is 5.56 Å². The third-order valence-corrected chi connectivity index (χ3v) is 11.6. The van der Waals surface area contributed by atoms with Crippen molar-refractivity contribution in [2.45, 2.75) is 6.92 Å². The number of para-hydroxylation sites is 8. The van der Waals surface area contributed by atoms with Gasteiger partial charge in [-0.2, -0.15) is 0 Å². The molecule has 0 saturated heterocycles. The topological polar surface area (TPSA) is 42.8 Å². The highest BCUT2D eigenvalue weighted by atomic mass is 16.5. The van der Waals surface area contributed by atoms with Gasteiger partial charge in [0.15, 0.2) is 23.0 Å². The summed E-state index contributed by atoms with van der Waals surface area (Å²) in [5, 5.41) is 4.78. The Hall–Kier alpha value is -7.83. The highest BCUT2D eigenvalue weighted by molar-refractivity contribution is 6.23. The SMILES string of the molecule is Cc1c(N2c3ccccc3Oc3ccccc32)cc(-c2ccc(-n3cnc4c5ccccc5c5ccccc5c43)cc2)cc1N1c2ccccc2Oc2ccccc21. The Morgan fingerprint density at radius 1 is 0.397 bits per heavy atom. The third kappa shape index (κ3) is 4.82. The summed E-state index contributed by atoms with van der Waals surface area (Å²) in [7, 11) is 0. The van der Waals surface area contributed by atoms with Crippen molar-refractivity contribution in [3.8, 4) is 39.8 Å². The van der Waals surface area contributed by atoms with E-state index in [1.807, 2.05) is 54.9 Å². The Morgan fingerprint density at radius 2 is 0.810 bits per heavy atom. The average molecular weight is 747 g/mol. The number of benzene rings is 9. The van der Waals surface area contributed by atoms with Crippen LogP contribution in [0.3, 0.4) is 0 Å². The smallest absolute Gasteiger partial charge is 0.151 e. The maximum Gasteiger partial charge on any atom is 0.151 e. The quantitative estimate of drug-likeness (QED) is 0.168. The van der Waals surface area contributed by atoms with Crippen LogP contribution in [0.5, 0.6) is 23.0 Å². The number of rotatable bonds is 4. The van der Waals surface area contributed by atoms with Gasteiger partial charge in [0.25, 0.3) is 0 Å². The lowest BCUT2D eigenvalue weighted by Gasteiger charge is -2.37. The van der Waals surface area contributed by atoms with E-state index in [4.69, 9.17) is 14.5 Å². The molecule has 0 spiro atoms. The predicted octanol–water partition coefficient (Wildman–Crippen LogP) is 14.5. The van der Waals surface area contributed by atoms with E-state index in [1.54, 1.807) is 0 Å². The standard InChI is InChI=1S/C52H34N4O2/c1-33-45(55-41-18-6-10-22-47(41)57-48-23-11-7-19-42(48)55)30-35(31-46(33)56-43-20-8-12-24-49(43)58-50-25-13-9-21-44(50)56)34-26-28-36(29-27-34)54-32-53-51-39-16-4-2-14-37(39)38-15-3-5-17-40(38)52(51)54/h2-32H,1H3. The van der Waals surface area contributed by atoms with Crippen LogP contribution in [0.2, 0.25) is 0 Å². The molecule has 6 heteroatoms. The molecule has 10 aromatic rings.